The molecule has 1 fully saturated rings. The van der Waals surface area contributed by atoms with Crippen LogP contribution in [0.3, 0.4) is 0 Å². The van der Waals surface area contributed by atoms with Crippen LogP contribution in [0.4, 0.5) is 0 Å². The molecule has 1 aliphatic rings. The third kappa shape index (κ3) is 10.8. The van der Waals surface area contributed by atoms with E-state index in [4.69, 9.17) is 0 Å². The summed E-state index contributed by atoms with van der Waals surface area (Å²) in [5.74, 6) is 3.40. The fourth-order valence-electron chi connectivity index (χ4n) is 3.54. The van der Waals surface area contributed by atoms with Crippen molar-refractivity contribution in [2.24, 2.45) is 0 Å². The van der Waals surface area contributed by atoms with Crippen LogP contribution in [0.5, 0.6) is 0 Å². The molecule has 0 heterocycles. The summed E-state index contributed by atoms with van der Waals surface area (Å²) in [7, 11) is -0.770. The maximum Gasteiger partial charge on any atom is 2.00 e. The molecule has 4 aromatic carbocycles. The molecule has 0 atom stereocenters. The molecule has 37 heavy (non-hydrogen) atoms. The van der Waals surface area contributed by atoms with Crippen LogP contribution in [0.1, 0.15) is 6.92 Å². The average Bonchev–Trinajstić information content (AvgIpc) is 3.44. The van der Waals surface area contributed by atoms with E-state index < -0.39 is 0 Å². The first-order valence-electron chi connectivity index (χ1n) is 11.9. The zero-order valence-electron chi connectivity index (χ0n) is 21.2. The van der Waals surface area contributed by atoms with Crippen LogP contribution in [0.2, 0.25) is 0 Å². The van der Waals surface area contributed by atoms with Gasteiger partial charge in [0.25, 0.3) is 0 Å². The Morgan fingerprint density at radius 2 is 0.811 bits per heavy atom. The Kier molecular flexibility index (Phi) is 15.6. The zero-order valence-corrected chi connectivity index (χ0v) is 24.7. The van der Waals surface area contributed by atoms with Gasteiger partial charge in [-0.25, -0.2) is 0 Å². The maximum atomic E-state index is 3.94. The third-order valence-electron chi connectivity index (χ3n) is 5.33. The Morgan fingerprint density at radius 3 is 1.03 bits per heavy atom. The van der Waals surface area contributed by atoms with E-state index in [1.807, 2.05) is 37.1 Å². The summed E-state index contributed by atoms with van der Waals surface area (Å²) in [5.41, 5.74) is 0. The normalized spacial score (nSPS) is 12.5. The van der Waals surface area contributed by atoms with Crippen molar-refractivity contribution in [1.29, 1.82) is 0 Å². The van der Waals surface area contributed by atoms with Crippen LogP contribution < -0.4 is 21.2 Å². The van der Waals surface area contributed by atoms with Crippen molar-refractivity contribution in [3.8, 4) is 0 Å². The average molecular weight is 605 g/mol. The monoisotopic (exact) mass is 605 g/mol. The largest absolute Gasteiger partial charge is 2.00 e. The second-order valence-corrected chi connectivity index (χ2v) is 12.2. The molecular weight excluding hydrogens is 571 g/mol. The molecule has 0 nitrogen and oxygen atoms in total. The van der Waals surface area contributed by atoms with Gasteiger partial charge in [0.1, 0.15) is 0 Å². The van der Waals surface area contributed by atoms with E-state index in [2.05, 4.69) is 142 Å². The van der Waals surface area contributed by atoms with Gasteiger partial charge in [-0.15, -0.1) is 0 Å². The predicted octanol–water partition coefficient (Wildman–Crippen LogP) is 7.79. The van der Waals surface area contributed by atoms with Crippen molar-refractivity contribution in [2.75, 3.05) is 0 Å². The van der Waals surface area contributed by atoms with E-state index in [0.29, 0.717) is 0 Å². The predicted molar refractivity (Wildman–Crippen MR) is 164 cm³/mol. The van der Waals surface area contributed by atoms with Gasteiger partial charge in [-0.2, -0.15) is 0 Å². The quantitative estimate of drug-likeness (QED) is 0.156. The van der Waals surface area contributed by atoms with Gasteiger partial charge in [0, 0.05) is 0 Å². The summed E-state index contributed by atoms with van der Waals surface area (Å²) >= 11 is 0. The Hall–Kier alpha value is -1.90. The molecular formula is C34H33P2Ru+2. The van der Waals surface area contributed by atoms with Gasteiger partial charge in [0.05, 0.1) is 0 Å². The Balaban J connectivity index is 0.000000209. The summed E-state index contributed by atoms with van der Waals surface area (Å²) in [6, 6.07) is 42.2. The number of benzene rings is 4. The first kappa shape index (κ1) is 31.3. The molecule has 0 N–H and O–H groups in total. The van der Waals surface area contributed by atoms with Crippen molar-refractivity contribution < 1.29 is 19.5 Å². The zero-order chi connectivity index (χ0) is 25.4. The van der Waals surface area contributed by atoms with Gasteiger partial charge < -0.3 is 0 Å². The molecule has 5 rings (SSSR count). The fraction of sp³-hybridized carbons (Fsp3) is 0.0294. The third-order valence-corrected chi connectivity index (χ3v) is 9.48. The van der Waals surface area contributed by atoms with Crippen LogP contribution in [0.25, 0.3) is 0 Å². The van der Waals surface area contributed by atoms with E-state index in [-0.39, 0.29) is 35.3 Å². The summed E-state index contributed by atoms with van der Waals surface area (Å²) in [5, 5.41) is 5.42. The summed E-state index contributed by atoms with van der Waals surface area (Å²) in [4.78, 5) is 0. The van der Waals surface area contributed by atoms with E-state index >= 15 is 0 Å². The second kappa shape index (κ2) is 18.4. The fourth-order valence-corrected chi connectivity index (χ4v) is 6.96. The molecule has 0 amide bonds. The van der Waals surface area contributed by atoms with Crippen LogP contribution >= 0.6 is 15.8 Å². The smallest absolute Gasteiger partial charge is 0.0980 e. The Bertz CT molecular complexity index is 1020. The molecule has 0 bridgehead atoms. The molecule has 0 aliphatic heterocycles. The van der Waals surface area contributed by atoms with Crippen molar-refractivity contribution in [3.05, 3.63) is 178 Å². The summed E-state index contributed by atoms with van der Waals surface area (Å²) in [6.45, 7) is 9.97. The molecule has 0 saturated heterocycles. The van der Waals surface area contributed by atoms with Gasteiger partial charge >= 0.3 is 19.5 Å². The molecule has 185 valence electrons. The van der Waals surface area contributed by atoms with Crippen LogP contribution in [0.15, 0.2) is 134 Å². The molecule has 7 radical (unpaired) electrons. The number of hydrogen-bond donors (Lipinski definition) is 0. The van der Waals surface area contributed by atoms with Gasteiger partial charge in [0.2, 0.25) is 0 Å². The van der Waals surface area contributed by atoms with Gasteiger partial charge in [-0.1, -0.05) is 141 Å². The van der Waals surface area contributed by atoms with Crippen molar-refractivity contribution in [3.63, 3.8) is 0 Å². The Labute approximate surface area is 240 Å². The maximum absolute atomic E-state index is 3.94. The topological polar surface area (TPSA) is 0 Å². The SMILES string of the molecule is C=CP(c1ccccc1)c1ccccc1.C[C]1[CH][CH][CH][CH]1.[CH2][CH]P(c1ccccc1)c1ccccc1.[Ru+2]. The Morgan fingerprint density at radius 1 is 0.514 bits per heavy atom. The van der Waals surface area contributed by atoms with Gasteiger partial charge in [0.15, 0.2) is 0 Å². The molecule has 0 aromatic heterocycles. The van der Waals surface area contributed by atoms with Crippen LogP contribution in [-0.2, 0) is 19.5 Å². The molecule has 3 heteroatoms. The summed E-state index contributed by atoms with van der Waals surface area (Å²) in [6.07, 6.45) is 10.3. The molecule has 1 saturated carbocycles. The van der Waals surface area contributed by atoms with Crippen molar-refractivity contribution in [1.82, 2.24) is 0 Å². The van der Waals surface area contributed by atoms with E-state index in [0.717, 1.165) is 0 Å². The first-order valence-corrected chi connectivity index (χ1v) is 14.8. The minimum absolute atomic E-state index is 0. The molecule has 0 spiro atoms. The summed E-state index contributed by atoms with van der Waals surface area (Å²) < 4.78 is 0. The number of hydrogen-bond acceptors (Lipinski definition) is 0. The van der Waals surface area contributed by atoms with E-state index in [9.17, 15) is 0 Å². The minimum atomic E-state index is -0.385. The van der Waals surface area contributed by atoms with Gasteiger partial charge in [-0.3, -0.25) is 0 Å². The molecule has 1 aliphatic carbocycles. The van der Waals surface area contributed by atoms with E-state index in [1.165, 1.54) is 27.1 Å². The van der Waals surface area contributed by atoms with Crippen LogP contribution in [-0.4, -0.2) is 0 Å². The van der Waals surface area contributed by atoms with Crippen LogP contribution in [0, 0.1) is 44.7 Å². The van der Waals surface area contributed by atoms with Crippen molar-refractivity contribution >= 4 is 37.1 Å². The second-order valence-electron chi connectivity index (χ2n) is 7.91. The first-order chi connectivity index (χ1) is 17.7. The minimum Gasteiger partial charge on any atom is -0.0980 e. The molecule has 0 unspecified atom stereocenters. The van der Waals surface area contributed by atoms with E-state index in [1.54, 1.807) is 0 Å². The van der Waals surface area contributed by atoms with Crippen molar-refractivity contribution in [2.45, 2.75) is 6.92 Å². The molecule has 4 aromatic rings. The van der Waals surface area contributed by atoms with Gasteiger partial charge in [-0.05, 0) is 81.7 Å². The standard InChI is InChI=1S/2C14H13P.C6H7.Ru/c2*1-2-15(13-9-5-3-6-10-13)14-11-7-4-8-12-14;1-6-4-2-3-5-6;/h2*2-12H,1H2;2-5H,1H3;/q;;;+2. The number of rotatable bonds is 6.